The molecule has 2 rings (SSSR count). The zero-order chi connectivity index (χ0) is 14.9. The van der Waals surface area contributed by atoms with Crippen molar-refractivity contribution in [2.24, 2.45) is 0 Å². The normalized spacial score (nSPS) is 12.5. The van der Waals surface area contributed by atoms with E-state index in [1.165, 1.54) is 12.1 Å². The van der Waals surface area contributed by atoms with Gasteiger partial charge in [-0.15, -0.1) is 0 Å². The smallest absolute Gasteiger partial charge is 0.145 e. The number of benzene rings is 2. The van der Waals surface area contributed by atoms with Crippen LogP contribution in [0.4, 0.5) is 8.78 Å². The maximum Gasteiger partial charge on any atom is 0.145 e. The zero-order valence-corrected chi connectivity index (χ0v) is 13.5. The predicted molar refractivity (Wildman–Crippen MR) is 81.4 cm³/mol. The first-order chi connectivity index (χ1) is 9.47. The average molecular weight is 381 g/mol. The molecular weight excluding hydrogens is 371 g/mol. The highest BCUT2D eigenvalue weighted by atomic mass is 79.9. The van der Waals surface area contributed by atoms with Gasteiger partial charge in [0.2, 0.25) is 0 Å². The minimum Gasteiger partial charge on any atom is -0.309 e. The van der Waals surface area contributed by atoms with Gasteiger partial charge in [-0.3, -0.25) is 0 Å². The van der Waals surface area contributed by atoms with Gasteiger partial charge in [0.1, 0.15) is 11.6 Å². The van der Waals surface area contributed by atoms with Gasteiger partial charge in [-0.2, -0.15) is 0 Å². The van der Waals surface area contributed by atoms with E-state index in [0.717, 1.165) is 0 Å². The van der Waals surface area contributed by atoms with Crippen LogP contribution in [0, 0.1) is 11.6 Å². The Hall–Kier alpha value is -0.680. The van der Waals surface area contributed by atoms with Crippen LogP contribution in [0.15, 0.2) is 34.8 Å². The molecule has 0 amide bonds. The lowest BCUT2D eigenvalue weighted by molar-refractivity contribution is 0.519. The summed E-state index contributed by atoms with van der Waals surface area (Å²) in [7, 11) is 1.59. The Labute approximate surface area is 134 Å². The highest BCUT2D eigenvalue weighted by Gasteiger charge is 2.25. The van der Waals surface area contributed by atoms with Crippen LogP contribution in [-0.2, 0) is 0 Å². The SMILES string of the molecule is CNC(c1c(Cl)cccc1Cl)c1c(F)ccc(Br)c1F. The van der Waals surface area contributed by atoms with Crippen molar-refractivity contribution in [1.82, 2.24) is 5.32 Å². The van der Waals surface area contributed by atoms with Gasteiger partial charge < -0.3 is 5.32 Å². The van der Waals surface area contributed by atoms with E-state index in [2.05, 4.69) is 21.2 Å². The van der Waals surface area contributed by atoms with Gasteiger partial charge in [0, 0.05) is 21.2 Å². The fourth-order valence-electron chi connectivity index (χ4n) is 2.03. The van der Waals surface area contributed by atoms with E-state index in [-0.39, 0.29) is 10.0 Å². The Kier molecular flexibility index (Phi) is 5.02. The van der Waals surface area contributed by atoms with Crippen molar-refractivity contribution in [3.8, 4) is 0 Å². The lowest BCUT2D eigenvalue weighted by Crippen LogP contribution is -2.21. The third-order valence-corrected chi connectivity index (χ3v) is 4.22. The van der Waals surface area contributed by atoms with E-state index in [0.29, 0.717) is 15.6 Å². The Bertz CT molecular complexity index is 629. The molecule has 1 N–H and O–H groups in total. The third kappa shape index (κ3) is 2.84. The lowest BCUT2D eigenvalue weighted by Gasteiger charge is -2.21. The van der Waals surface area contributed by atoms with E-state index in [1.807, 2.05) is 0 Å². The summed E-state index contributed by atoms with van der Waals surface area (Å²) < 4.78 is 28.4. The molecule has 0 fully saturated rings. The average Bonchev–Trinajstić information content (AvgIpc) is 2.41. The van der Waals surface area contributed by atoms with E-state index < -0.39 is 17.7 Å². The first kappa shape index (κ1) is 15.7. The Balaban J connectivity index is 2.68. The minimum atomic E-state index is -0.784. The summed E-state index contributed by atoms with van der Waals surface area (Å²) in [5.74, 6) is -1.35. The highest BCUT2D eigenvalue weighted by Crippen LogP contribution is 2.37. The monoisotopic (exact) mass is 379 g/mol. The van der Waals surface area contributed by atoms with Crippen LogP contribution in [-0.4, -0.2) is 7.05 Å². The molecule has 0 aromatic heterocycles. The van der Waals surface area contributed by atoms with Crippen LogP contribution in [0.2, 0.25) is 10.0 Å². The van der Waals surface area contributed by atoms with Crippen LogP contribution in [0.5, 0.6) is 0 Å². The molecule has 20 heavy (non-hydrogen) atoms. The van der Waals surface area contributed by atoms with Crippen molar-refractivity contribution in [2.75, 3.05) is 7.05 Å². The Morgan fingerprint density at radius 3 is 2.20 bits per heavy atom. The largest absolute Gasteiger partial charge is 0.309 e. The summed E-state index contributed by atoms with van der Waals surface area (Å²) in [6.45, 7) is 0. The predicted octanol–water partition coefficient (Wildman–Crippen LogP) is 5.34. The number of hydrogen-bond donors (Lipinski definition) is 1. The second-order valence-corrected chi connectivity index (χ2v) is 5.78. The van der Waals surface area contributed by atoms with Gasteiger partial charge in [-0.1, -0.05) is 29.3 Å². The molecule has 0 aliphatic rings. The molecule has 1 nitrogen and oxygen atoms in total. The van der Waals surface area contributed by atoms with Crippen molar-refractivity contribution >= 4 is 39.1 Å². The van der Waals surface area contributed by atoms with Gasteiger partial charge in [0.15, 0.2) is 0 Å². The molecule has 1 unspecified atom stereocenters. The standard InChI is InChI=1S/C14H10BrCl2F2N/c1-20-14(11-8(16)3-2-4-9(11)17)12-10(18)6-5-7(15)13(12)19/h2-6,14,20H,1H3. The summed E-state index contributed by atoms with van der Waals surface area (Å²) in [5.41, 5.74) is 0.311. The molecule has 1 atom stereocenters. The summed E-state index contributed by atoms with van der Waals surface area (Å²) in [6, 6.07) is 6.65. The molecule has 0 heterocycles. The molecule has 0 bridgehead atoms. The fourth-order valence-corrected chi connectivity index (χ4v) is 2.99. The van der Waals surface area contributed by atoms with Crippen LogP contribution in [0.3, 0.4) is 0 Å². The topological polar surface area (TPSA) is 12.0 Å². The highest BCUT2D eigenvalue weighted by molar-refractivity contribution is 9.10. The number of hydrogen-bond acceptors (Lipinski definition) is 1. The molecule has 2 aromatic rings. The maximum absolute atomic E-state index is 14.2. The summed E-state index contributed by atoms with van der Waals surface area (Å²) in [4.78, 5) is 0. The molecule has 0 aliphatic heterocycles. The number of rotatable bonds is 3. The summed E-state index contributed by atoms with van der Waals surface area (Å²) in [5, 5.41) is 3.54. The first-order valence-electron chi connectivity index (χ1n) is 5.72. The van der Waals surface area contributed by atoms with Crippen LogP contribution < -0.4 is 5.32 Å². The van der Waals surface area contributed by atoms with Crippen molar-refractivity contribution in [2.45, 2.75) is 6.04 Å². The summed E-state index contributed by atoms with van der Waals surface area (Å²) in [6.07, 6.45) is 0. The quantitative estimate of drug-likeness (QED) is 0.708. The first-order valence-corrected chi connectivity index (χ1v) is 7.26. The van der Waals surface area contributed by atoms with Crippen molar-refractivity contribution < 1.29 is 8.78 Å². The lowest BCUT2D eigenvalue weighted by atomic mass is 9.97. The minimum absolute atomic E-state index is 0.128. The Morgan fingerprint density at radius 1 is 1.05 bits per heavy atom. The van der Waals surface area contributed by atoms with Gasteiger partial charge in [0.25, 0.3) is 0 Å². The molecule has 0 spiro atoms. The van der Waals surface area contributed by atoms with Gasteiger partial charge in [0.05, 0.1) is 10.5 Å². The zero-order valence-electron chi connectivity index (χ0n) is 10.4. The van der Waals surface area contributed by atoms with Crippen LogP contribution in [0.1, 0.15) is 17.2 Å². The molecular formula is C14H10BrCl2F2N. The van der Waals surface area contributed by atoms with E-state index >= 15 is 0 Å². The van der Waals surface area contributed by atoms with E-state index in [4.69, 9.17) is 23.2 Å². The van der Waals surface area contributed by atoms with Crippen LogP contribution in [0.25, 0.3) is 0 Å². The van der Waals surface area contributed by atoms with Gasteiger partial charge in [-0.25, -0.2) is 8.78 Å². The van der Waals surface area contributed by atoms with Crippen molar-refractivity contribution in [3.63, 3.8) is 0 Å². The number of nitrogens with one attached hydrogen (secondary N) is 1. The molecule has 106 valence electrons. The molecule has 0 saturated carbocycles. The maximum atomic E-state index is 14.2. The number of halogens is 5. The molecule has 6 heteroatoms. The summed E-state index contributed by atoms with van der Waals surface area (Å²) >= 11 is 15.3. The Morgan fingerprint density at radius 2 is 1.65 bits per heavy atom. The second kappa shape index (κ2) is 6.39. The van der Waals surface area contributed by atoms with Crippen molar-refractivity contribution in [3.05, 3.63) is 67.6 Å². The van der Waals surface area contributed by atoms with E-state index in [9.17, 15) is 8.78 Å². The molecule has 0 aliphatic carbocycles. The van der Waals surface area contributed by atoms with Crippen molar-refractivity contribution in [1.29, 1.82) is 0 Å². The molecule has 0 radical (unpaired) electrons. The second-order valence-electron chi connectivity index (χ2n) is 4.11. The third-order valence-electron chi connectivity index (χ3n) is 2.95. The van der Waals surface area contributed by atoms with E-state index in [1.54, 1.807) is 25.2 Å². The van der Waals surface area contributed by atoms with Gasteiger partial charge in [-0.05, 0) is 47.2 Å². The van der Waals surface area contributed by atoms with Gasteiger partial charge >= 0.3 is 0 Å². The molecule has 2 aromatic carbocycles. The fraction of sp³-hybridized carbons (Fsp3) is 0.143. The van der Waals surface area contributed by atoms with Crippen LogP contribution >= 0.6 is 39.1 Å². The molecule has 0 saturated heterocycles.